The van der Waals surface area contributed by atoms with E-state index in [9.17, 15) is 29.1 Å². The minimum absolute atomic E-state index is 0.126. The number of phenolic OH excluding ortho intramolecular Hbond substituents is 1. The number of imide groups is 1. The van der Waals surface area contributed by atoms with Gasteiger partial charge in [-0.3, -0.25) is 28.9 Å². The molecule has 0 aromatic heterocycles. The van der Waals surface area contributed by atoms with Crippen LogP contribution in [0, 0.1) is 17.8 Å². The second-order valence-corrected chi connectivity index (χ2v) is 11.1. The number of carbonyl (C=O) groups is 5. The summed E-state index contributed by atoms with van der Waals surface area (Å²) in [6, 6.07) is 9.58. The number of ketones is 3. The SMILES string of the molecule is COc1cc([C@H]2C3=CC[C@@H]4C(=O)N(c5ccc(C(C)=O)cc5)C(=O)[C@@H]4[C@@H]3CC3=C2C(=O)C(C)=CC3=O)cc(OC)c1O. The Labute approximate surface area is 242 Å². The zero-order chi connectivity index (χ0) is 30.0. The van der Waals surface area contributed by atoms with Gasteiger partial charge in [-0.25, -0.2) is 0 Å². The highest BCUT2D eigenvalue weighted by molar-refractivity contribution is 6.25. The minimum Gasteiger partial charge on any atom is -0.502 e. The summed E-state index contributed by atoms with van der Waals surface area (Å²) >= 11 is 0. The number of ether oxygens (including phenoxy) is 2. The Balaban J connectivity index is 1.48. The number of hydrogen-bond donors (Lipinski definition) is 1. The fourth-order valence-electron chi connectivity index (χ4n) is 6.92. The van der Waals surface area contributed by atoms with Gasteiger partial charge in [-0.1, -0.05) is 11.6 Å². The van der Waals surface area contributed by atoms with Gasteiger partial charge in [0.15, 0.2) is 28.8 Å². The van der Waals surface area contributed by atoms with E-state index in [2.05, 4.69) is 0 Å². The zero-order valence-corrected chi connectivity index (χ0v) is 23.6. The van der Waals surface area contributed by atoms with Crippen molar-refractivity contribution in [3.8, 4) is 17.2 Å². The van der Waals surface area contributed by atoms with Gasteiger partial charge in [0, 0.05) is 28.2 Å². The highest BCUT2D eigenvalue weighted by atomic mass is 16.5. The monoisotopic (exact) mass is 567 g/mol. The first-order chi connectivity index (χ1) is 20.1. The molecular weight excluding hydrogens is 538 g/mol. The molecule has 0 saturated carbocycles. The van der Waals surface area contributed by atoms with E-state index in [1.165, 1.54) is 32.1 Å². The molecule has 9 heteroatoms. The van der Waals surface area contributed by atoms with E-state index in [1.54, 1.807) is 43.3 Å². The Morgan fingerprint density at radius 2 is 1.60 bits per heavy atom. The van der Waals surface area contributed by atoms with Crippen molar-refractivity contribution in [2.75, 3.05) is 19.1 Å². The molecule has 3 aliphatic carbocycles. The molecule has 9 nitrogen and oxygen atoms in total. The van der Waals surface area contributed by atoms with Crippen LogP contribution in [0.25, 0.3) is 0 Å². The Kier molecular flexibility index (Phi) is 6.48. The van der Waals surface area contributed by atoms with Crippen LogP contribution in [0.1, 0.15) is 48.5 Å². The zero-order valence-electron chi connectivity index (χ0n) is 23.6. The van der Waals surface area contributed by atoms with Crippen molar-refractivity contribution in [2.24, 2.45) is 17.8 Å². The van der Waals surface area contributed by atoms with Crippen LogP contribution >= 0.6 is 0 Å². The fraction of sp³-hybridized carbons (Fsp3) is 0.303. The molecule has 1 N–H and O–H groups in total. The number of nitrogens with zero attached hydrogens (tertiary/aromatic N) is 1. The van der Waals surface area contributed by atoms with E-state index >= 15 is 0 Å². The summed E-state index contributed by atoms with van der Waals surface area (Å²) in [5.41, 5.74) is 3.17. The van der Waals surface area contributed by atoms with E-state index in [0.29, 0.717) is 33.5 Å². The number of carbonyl (C=O) groups excluding carboxylic acids is 5. The number of hydrogen-bond acceptors (Lipinski definition) is 8. The number of benzene rings is 2. The molecule has 2 aromatic rings. The summed E-state index contributed by atoms with van der Waals surface area (Å²) in [5.74, 6) is -3.91. The van der Waals surface area contributed by atoms with Crippen molar-refractivity contribution in [3.05, 3.63) is 82.0 Å². The first-order valence-electron chi connectivity index (χ1n) is 13.7. The molecule has 0 bridgehead atoms. The highest BCUT2D eigenvalue weighted by Gasteiger charge is 2.56. The molecule has 1 fully saturated rings. The van der Waals surface area contributed by atoms with Crippen molar-refractivity contribution in [3.63, 3.8) is 0 Å². The molecule has 6 rings (SSSR count). The van der Waals surface area contributed by atoms with Gasteiger partial charge in [-0.15, -0.1) is 0 Å². The van der Waals surface area contributed by atoms with Crippen molar-refractivity contribution < 1.29 is 38.6 Å². The minimum atomic E-state index is -0.739. The maximum absolute atomic E-state index is 14.0. The van der Waals surface area contributed by atoms with Crippen molar-refractivity contribution in [1.82, 2.24) is 0 Å². The third-order valence-electron chi connectivity index (χ3n) is 8.93. The van der Waals surface area contributed by atoms with E-state index in [1.807, 2.05) is 6.08 Å². The molecule has 2 aromatic carbocycles. The summed E-state index contributed by atoms with van der Waals surface area (Å²) in [6.45, 7) is 3.05. The number of Topliss-reactive ketones (excluding diaryl/α,β-unsaturated/α-hetero) is 2. The maximum atomic E-state index is 14.0. The van der Waals surface area contributed by atoms with Crippen LogP contribution in [0.4, 0.5) is 5.69 Å². The summed E-state index contributed by atoms with van der Waals surface area (Å²) in [7, 11) is 2.80. The molecular formula is C33H29NO8. The van der Waals surface area contributed by atoms with Crippen LogP contribution in [0.2, 0.25) is 0 Å². The number of allylic oxidation sites excluding steroid dienone is 6. The van der Waals surface area contributed by atoms with Crippen LogP contribution in [-0.2, 0) is 19.2 Å². The fourth-order valence-corrected chi connectivity index (χ4v) is 6.92. The molecule has 4 aliphatic rings. The van der Waals surface area contributed by atoms with Crippen molar-refractivity contribution in [2.45, 2.75) is 32.6 Å². The predicted octanol–water partition coefficient (Wildman–Crippen LogP) is 4.25. The molecule has 1 aliphatic heterocycles. The Morgan fingerprint density at radius 3 is 2.19 bits per heavy atom. The maximum Gasteiger partial charge on any atom is 0.238 e. The lowest BCUT2D eigenvalue weighted by atomic mass is 9.59. The number of phenols is 1. The van der Waals surface area contributed by atoms with Gasteiger partial charge < -0.3 is 14.6 Å². The normalized spacial score (nSPS) is 25.0. The topological polar surface area (TPSA) is 127 Å². The molecule has 4 atom stereocenters. The van der Waals surface area contributed by atoms with Gasteiger partial charge in [0.25, 0.3) is 0 Å². The average Bonchev–Trinajstić information content (AvgIpc) is 3.24. The number of rotatable bonds is 5. The first kappa shape index (κ1) is 27.4. The van der Waals surface area contributed by atoms with Gasteiger partial charge in [0.2, 0.25) is 17.6 Å². The number of anilines is 1. The third kappa shape index (κ3) is 3.94. The molecule has 0 radical (unpaired) electrons. The van der Waals surface area contributed by atoms with Crippen LogP contribution in [-0.4, -0.2) is 48.5 Å². The van der Waals surface area contributed by atoms with Gasteiger partial charge in [0.1, 0.15) is 0 Å². The van der Waals surface area contributed by atoms with Crippen LogP contribution in [0.15, 0.2) is 70.8 Å². The number of amides is 2. The average molecular weight is 568 g/mol. The van der Waals surface area contributed by atoms with Crippen LogP contribution in [0.3, 0.4) is 0 Å². The quantitative estimate of drug-likeness (QED) is 0.246. The lowest BCUT2D eigenvalue weighted by molar-refractivity contribution is -0.123. The molecule has 0 spiro atoms. The Morgan fingerprint density at radius 1 is 0.952 bits per heavy atom. The lowest BCUT2D eigenvalue weighted by Crippen LogP contribution is -2.39. The second kappa shape index (κ2) is 9.94. The molecule has 1 saturated heterocycles. The Hall–Kier alpha value is -4.79. The molecule has 2 amide bonds. The largest absolute Gasteiger partial charge is 0.502 e. The smallest absolute Gasteiger partial charge is 0.238 e. The molecule has 214 valence electrons. The van der Waals surface area contributed by atoms with Gasteiger partial charge >= 0.3 is 0 Å². The Bertz CT molecular complexity index is 1670. The second-order valence-electron chi connectivity index (χ2n) is 11.1. The number of fused-ring (bicyclic) bond motifs is 3. The standard InChI is InChI=1S/C33H29NO8/c1-15-11-24(36)23-14-22-20(27(29(23)30(15)37)18-12-25(41-3)31(38)26(13-18)42-4)9-10-21-28(22)33(40)34(32(21)39)19-7-5-17(6-8-19)16(2)35/h5-9,11-13,21-22,27-28,38H,10,14H2,1-4H3/t21-,22+,27-,28-/m0/s1. The van der Waals surface area contributed by atoms with E-state index in [0.717, 1.165) is 5.57 Å². The van der Waals surface area contributed by atoms with Gasteiger partial charge in [-0.2, -0.15) is 0 Å². The van der Waals surface area contributed by atoms with E-state index < -0.39 is 23.7 Å². The third-order valence-corrected chi connectivity index (χ3v) is 8.93. The van der Waals surface area contributed by atoms with Crippen LogP contribution in [0.5, 0.6) is 17.2 Å². The number of aromatic hydroxyl groups is 1. The van der Waals surface area contributed by atoms with Crippen molar-refractivity contribution >= 4 is 34.9 Å². The van der Waals surface area contributed by atoms with Crippen LogP contribution < -0.4 is 14.4 Å². The number of methoxy groups -OCH3 is 2. The molecule has 1 heterocycles. The van der Waals surface area contributed by atoms with E-state index in [4.69, 9.17) is 9.47 Å². The van der Waals surface area contributed by atoms with Gasteiger partial charge in [-0.05, 0) is 80.6 Å². The lowest BCUT2D eigenvalue weighted by Gasteiger charge is -2.42. The van der Waals surface area contributed by atoms with Gasteiger partial charge in [0.05, 0.1) is 31.7 Å². The first-order valence-corrected chi connectivity index (χ1v) is 13.7. The summed E-state index contributed by atoms with van der Waals surface area (Å²) in [4.78, 5) is 67.6. The van der Waals surface area contributed by atoms with Crippen molar-refractivity contribution in [1.29, 1.82) is 0 Å². The highest BCUT2D eigenvalue weighted by Crippen LogP contribution is 2.56. The van der Waals surface area contributed by atoms with E-state index in [-0.39, 0.29) is 59.3 Å². The molecule has 0 unspecified atom stereocenters. The molecule has 42 heavy (non-hydrogen) atoms. The summed E-state index contributed by atoms with van der Waals surface area (Å²) < 4.78 is 10.8. The summed E-state index contributed by atoms with van der Waals surface area (Å²) in [6.07, 6.45) is 3.68. The predicted molar refractivity (Wildman–Crippen MR) is 151 cm³/mol. The summed E-state index contributed by atoms with van der Waals surface area (Å²) in [5, 5.41) is 10.6.